The van der Waals surface area contributed by atoms with Gasteiger partial charge in [-0.25, -0.2) is 0 Å². The van der Waals surface area contributed by atoms with Gasteiger partial charge in [-0.15, -0.1) is 11.6 Å². The second-order valence-electron chi connectivity index (χ2n) is 9.91. The summed E-state index contributed by atoms with van der Waals surface area (Å²) in [6.45, 7) is 9.29. The monoisotopic (exact) mass is 496 g/mol. The smallest absolute Gasteiger partial charge is 0.119 e. The first kappa shape index (κ1) is 27.1. The average Bonchev–Trinajstić information content (AvgIpc) is 2.88. The molecule has 0 saturated carbocycles. The summed E-state index contributed by atoms with van der Waals surface area (Å²) in [4.78, 5) is 0. The van der Waals surface area contributed by atoms with Crippen molar-refractivity contribution in [2.75, 3.05) is 25.7 Å². The number of benzene rings is 3. The van der Waals surface area contributed by atoms with E-state index in [-0.39, 0.29) is 24.0 Å². The maximum absolute atomic E-state index is 9.47. The number of rotatable bonds is 12. The topological polar surface area (TPSA) is 58.9 Å². The van der Waals surface area contributed by atoms with Crippen molar-refractivity contribution in [3.8, 4) is 11.5 Å². The summed E-state index contributed by atoms with van der Waals surface area (Å²) in [6, 6.07) is 25.1. The van der Waals surface area contributed by atoms with Crippen molar-refractivity contribution in [2.45, 2.75) is 51.0 Å². The van der Waals surface area contributed by atoms with E-state index >= 15 is 0 Å². The highest BCUT2D eigenvalue weighted by atomic mass is 35.5. The normalized spacial score (nSPS) is 12.9. The molecule has 0 spiro atoms. The van der Waals surface area contributed by atoms with Crippen LogP contribution in [0.1, 0.15) is 56.4 Å². The fourth-order valence-electron chi connectivity index (χ4n) is 4.06. The van der Waals surface area contributed by atoms with Crippen LogP contribution >= 0.6 is 11.6 Å². The highest BCUT2D eigenvalue weighted by Gasteiger charge is 2.26. The van der Waals surface area contributed by atoms with Gasteiger partial charge in [-0.3, -0.25) is 0 Å². The molecule has 0 aromatic heterocycles. The van der Waals surface area contributed by atoms with Crippen molar-refractivity contribution in [1.29, 1.82) is 0 Å². The van der Waals surface area contributed by atoms with Gasteiger partial charge in [0.15, 0.2) is 0 Å². The molecule has 2 N–H and O–H groups in total. The largest absolute Gasteiger partial charge is 0.494 e. The molecule has 0 radical (unpaired) electrons. The third-order valence-electron chi connectivity index (χ3n) is 6.68. The van der Waals surface area contributed by atoms with E-state index in [1.165, 1.54) is 22.3 Å². The number of halogens is 1. The van der Waals surface area contributed by atoms with Crippen LogP contribution in [0.5, 0.6) is 11.5 Å². The zero-order valence-corrected chi connectivity index (χ0v) is 21.9. The van der Waals surface area contributed by atoms with Crippen LogP contribution in [0.4, 0.5) is 0 Å². The van der Waals surface area contributed by atoms with E-state index in [0.717, 1.165) is 12.2 Å². The minimum absolute atomic E-state index is 0.0697. The predicted octanol–water partition coefficient (Wildman–Crippen LogP) is 6.08. The van der Waals surface area contributed by atoms with E-state index < -0.39 is 6.10 Å². The van der Waals surface area contributed by atoms with Gasteiger partial charge in [0, 0.05) is 16.7 Å². The Balaban J connectivity index is 1.72. The molecule has 1 unspecified atom stereocenters. The first-order chi connectivity index (χ1) is 16.7. The number of hydrogen-bond acceptors (Lipinski definition) is 4. The molecule has 188 valence electrons. The van der Waals surface area contributed by atoms with Crippen LogP contribution in [0.25, 0.3) is 0 Å². The number of hydrogen-bond donors (Lipinski definition) is 2. The summed E-state index contributed by atoms with van der Waals surface area (Å²) in [5.41, 5.74) is 4.55. The Bertz CT molecular complexity index is 1040. The van der Waals surface area contributed by atoms with E-state index in [4.69, 9.17) is 26.2 Å². The Hall–Kier alpha value is -2.53. The lowest BCUT2D eigenvalue weighted by molar-refractivity contribution is 0.0536. The van der Waals surface area contributed by atoms with Gasteiger partial charge in [-0.05, 0) is 52.9 Å². The Morgan fingerprint density at radius 1 is 0.686 bits per heavy atom. The van der Waals surface area contributed by atoms with Gasteiger partial charge in [-0.1, -0.05) is 76.2 Å². The molecular weight excluding hydrogens is 460 g/mol. The summed E-state index contributed by atoms with van der Waals surface area (Å²) in [6.07, 6.45) is -0.0364. The molecule has 1 atom stereocenters. The van der Waals surface area contributed by atoms with Crippen LogP contribution in [0.15, 0.2) is 72.8 Å². The first-order valence-electron chi connectivity index (χ1n) is 12.1. The molecule has 0 bridgehead atoms. The lowest BCUT2D eigenvalue weighted by Crippen LogP contribution is -2.22. The number of alkyl halides is 1. The van der Waals surface area contributed by atoms with Gasteiger partial charge in [0.1, 0.15) is 24.2 Å². The van der Waals surface area contributed by atoms with Crippen LogP contribution < -0.4 is 9.47 Å². The Morgan fingerprint density at radius 2 is 1.06 bits per heavy atom. The van der Waals surface area contributed by atoms with Gasteiger partial charge in [0.2, 0.25) is 0 Å². The highest BCUT2D eigenvalue weighted by molar-refractivity contribution is 6.17. The second kappa shape index (κ2) is 11.9. The van der Waals surface area contributed by atoms with E-state index in [2.05, 4.69) is 76.2 Å². The molecule has 3 aromatic rings. The maximum atomic E-state index is 9.47. The molecule has 0 aliphatic heterocycles. The molecule has 0 fully saturated rings. The fraction of sp³-hybridized carbons (Fsp3) is 0.400. The van der Waals surface area contributed by atoms with Gasteiger partial charge < -0.3 is 19.7 Å². The number of aliphatic hydroxyl groups excluding tert-OH is 2. The molecule has 0 aliphatic rings. The number of ether oxygens (including phenoxy) is 2. The van der Waals surface area contributed by atoms with E-state index in [1.54, 1.807) is 0 Å². The van der Waals surface area contributed by atoms with Crippen LogP contribution in [-0.2, 0) is 10.8 Å². The minimum Gasteiger partial charge on any atom is -0.494 e. The average molecular weight is 497 g/mol. The van der Waals surface area contributed by atoms with Crippen molar-refractivity contribution in [3.05, 3.63) is 95.1 Å². The number of aliphatic hydroxyl groups is 2. The summed E-state index contributed by atoms with van der Waals surface area (Å²) in [5.74, 6) is 2.14. The highest BCUT2D eigenvalue weighted by Crippen LogP contribution is 2.36. The molecule has 0 aliphatic carbocycles. The molecule has 0 amide bonds. The van der Waals surface area contributed by atoms with Crippen molar-refractivity contribution >= 4 is 11.6 Å². The zero-order valence-electron chi connectivity index (χ0n) is 21.1. The van der Waals surface area contributed by atoms with Gasteiger partial charge in [-0.2, -0.15) is 0 Å². The van der Waals surface area contributed by atoms with Crippen molar-refractivity contribution in [1.82, 2.24) is 0 Å². The third-order valence-corrected chi connectivity index (χ3v) is 6.95. The van der Waals surface area contributed by atoms with Crippen molar-refractivity contribution in [2.24, 2.45) is 0 Å². The van der Waals surface area contributed by atoms with Gasteiger partial charge in [0.05, 0.1) is 13.2 Å². The quantitative estimate of drug-likeness (QED) is 0.236. The summed E-state index contributed by atoms with van der Waals surface area (Å²) < 4.78 is 11.3. The molecular formula is C30H37ClO4. The van der Waals surface area contributed by atoms with Crippen LogP contribution in [0.2, 0.25) is 0 Å². The van der Waals surface area contributed by atoms with E-state index in [1.807, 2.05) is 24.3 Å². The Kier molecular flexibility index (Phi) is 9.23. The first-order valence-corrected chi connectivity index (χ1v) is 12.6. The predicted molar refractivity (Wildman–Crippen MR) is 143 cm³/mol. The molecule has 4 nitrogen and oxygen atoms in total. The standard InChI is InChI=1S/C30H37ClO4/c1-29(2,24-10-14-27(15-11-24)34-19-5-18-31)22-6-8-23(9-7-22)30(3,4)25-12-16-28(17-13-25)35-21-26(33)20-32/h6-17,26,32-33H,5,18-21H2,1-4H3. The molecule has 0 heterocycles. The molecule has 3 rings (SSSR count). The van der Waals surface area contributed by atoms with E-state index in [9.17, 15) is 5.11 Å². The summed E-state index contributed by atoms with van der Waals surface area (Å²) in [7, 11) is 0. The van der Waals surface area contributed by atoms with Gasteiger partial charge >= 0.3 is 0 Å². The molecule has 0 saturated heterocycles. The third kappa shape index (κ3) is 6.78. The zero-order chi connectivity index (χ0) is 25.5. The molecule has 5 heteroatoms. The van der Waals surface area contributed by atoms with Crippen molar-refractivity contribution in [3.63, 3.8) is 0 Å². The second-order valence-corrected chi connectivity index (χ2v) is 10.3. The lowest BCUT2D eigenvalue weighted by atomic mass is 9.74. The lowest BCUT2D eigenvalue weighted by Gasteiger charge is -2.29. The van der Waals surface area contributed by atoms with Crippen LogP contribution in [-0.4, -0.2) is 42.0 Å². The maximum Gasteiger partial charge on any atom is 0.119 e. The molecule has 35 heavy (non-hydrogen) atoms. The van der Waals surface area contributed by atoms with Crippen molar-refractivity contribution < 1.29 is 19.7 Å². The van der Waals surface area contributed by atoms with Crippen LogP contribution in [0, 0.1) is 0 Å². The SMILES string of the molecule is CC(C)(c1ccc(OCCCCl)cc1)c1ccc(C(C)(C)c2ccc(OCC(O)CO)cc2)cc1. The minimum atomic E-state index is -0.874. The van der Waals surface area contributed by atoms with E-state index in [0.29, 0.717) is 18.2 Å². The fourth-order valence-corrected chi connectivity index (χ4v) is 4.17. The summed E-state index contributed by atoms with van der Waals surface area (Å²) >= 11 is 5.73. The Labute approximate surface area is 214 Å². The van der Waals surface area contributed by atoms with Gasteiger partial charge in [0.25, 0.3) is 0 Å². The summed E-state index contributed by atoms with van der Waals surface area (Å²) in [5, 5.41) is 18.4. The Morgan fingerprint density at radius 3 is 1.43 bits per heavy atom. The molecule has 3 aromatic carbocycles. The van der Waals surface area contributed by atoms with Crippen LogP contribution in [0.3, 0.4) is 0 Å².